The van der Waals surface area contributed by atoms with Crippen molar-refractivity contribution in [3.63, 3.8) is 0 Å². The van der Waals surface area contributed by atoms with Gasteiger partial charge in [0, 0.05) is 30.2 Å². The summed E-state index contributed by atoms with van der Waals surface area (Å²) in [4.78, 5) is 0.143. The smallest absolute Gasteiger partial charge is 0.244 e. The fourth-order valence-electron chi connectivity index (χ4n) is 1.87. The molecule has 0 saturated carbocycles. The molecule has 1 heterocycles. The van der Waals surface area contributed by atoms with Gasteiger partial charge >= 0.3 is 0 Å². The molecule has 2 rings (SSSR count). The van der Waals surface area contributed by atoms with Crippen molar-refractivity contribution in [2.45, 2.75) is 4.90 Å². The molecule has 108 valence electrons. The van der Waals surface area contributed by atoms with Gasteiger partial charge in [-0.1, -0.05) is 23.4 Å². The van der Waals surface area contributed by atoms with Crippen LogP contribution in [0.5, 0.6) is 0 Å². The number of sulfonamides is 1. The van der Waals surface area contributed by atoms with Crippen molar-refractivity contribution < 1.29 is 8.42 Å². The van der Waals surface area contributed by atoms with E-state index in [1.165, 1.54) is 10.4 Å². The van der Waals surface area contributed by atoms with Crippen LogP contribution in [0, 0.1) is 11.8 Å². The van der Waals surface area contributed by atoms with Crippen LogP contribution in [0.2, 0.25) is 5.02 Å². The van der Waals surface area contributed by atoms with Crippen molar-refractivity contribution in [3.8, 4) is 11.8 Å². The summed E-state index contributed by atoms with van der Waals surface area (Å²) in [5.74, 6) is 7.17. The summed E-state index contributed by atoms with van der Waals surface area (Å²) in [5.41, 5.74) is 5.96. The minimum absolute atomic E-state index is 0.143. The van der Waals surface area contributed by atoms with Crippen molar-refractivity contribution in [2.24, 2.45) is 5.73 Å². The first-order valence-corrected chi connectivity index (χ1v) is 9.09. The molecule has 4 nitrogen and oxygen atoms in total. The zero-order valence-electron chi connectivity index (χ0n) is 10.8. The van der Waals surface area contributed by atoms with E-state index in [1.807, 2.05) is 0 Å². The average Bonchev–Trinajstić information content (AvgIpc) is 2.46. The van der Waals surface area contributed by atoms with Gasteiger partial charge in [-0.2, -0.15) is 16.1 Å². The lowest BCUT2D eigenvalue weighted by Gasteiger charge is -2.26. The number of hydrogen-bond donors (Lipinski definition) is 1. The Balaban J connectivity index is 2.32. The van der Waals surface area contributed by atoms with Crippen molar-refractivity contribution in [1.82, 2.24) is 4.31 Å². The molecule has 0 aliphatic carbocycles. The van der Waals surface area contributed by atoms with E-state index < -0.39 is 10.0 Å². The second kappa shape index (κ2) is 6.83. The van der Waals surface area contributed by atoms with Gasteiger partial charge in [-0.3, -0.25) is 0 Å². The van der Waals surface area contributed by atoms with Crippen LogP contribution in [0.1, 0.15) is 5.56 Å². The lowest BCUT2D eigenvalue weighted by Crippen LogP contribution is -2.37. The molecule has 1 aliphatic heterocycles. The van der Waals surface area contributed by atoms with Gasteiger partial charge in [-0.25, -0.2) is 8.42 Å². The van der Waals surface area contributed by atoms with E-state index >= 15 is 0 Å². The van der Waals surface area contributed by atoms with Gasteiger partial charge in [0.2, 0.25) is 10.0 Å². The summed E-state index contributed by atoms with van der Waals surface area (Å²) in [7, 11) is -3.51. The summed E-state index contributed by atoms with van der Waals surface area (Å²) >= 11 is 7.86. The molecular weight excluding hydrogens is 316 g/mol. The average molecular weight is 331 g/mol. The van der Waals surface area contributed by atoms with Crippen molar-refractivity contribution in [3.05, 3.63) is 28.8 Å². The first kappa shape index (κ1) is 15.7. The molecule has 0 unspecified atom stereocenters. The van der Waals surface area contributed by atoms with E-state index in [0.29, 0.717) is 18.7 Å². The third kappa shape index (κ3) is 3.48. The summed E-state index contributed by atoms with van der Waals surface area (Å²) in [5, 5.41) is 0.201. The molecule has 0 atom stereocenters. The Morgan fingerprint density at radius 3 is 2.65 bits per heavy atom. The highest BCUT2D eigenvalue weighted by molar-refractivity contribution is 7.99. The Morgan fingerprint density at radius 2 is 2.05 bits per heavy atom. The number of rotatable bonds is 2. The molecule has 0 bridgehead atoms. The second-order valence-corrected chi connectivity index (χ2v) is 7.71. The maximum Gasteiger partial charge on any atom is 0.244 e. The molecule has 1 aromatic carbocycles. The number of nitrogens with zero attached hydrogens (tertiary/aromatic N) is 1. The van der Waals surface area contributed by atoms with E-state index in [1.54, 1.807) is 23.9 Å². The summed E-state index contributed by atoms with van der Waals surface area (Å²) < 4.78 is 26.5. The zero-order valence-corrected chi connectivity index (χ0v) is 13.2. The third-order valence-corrected chi connectivity index (χ3v) is 6.18. The molecule has 20 heavy (non-hydrogen) atoms. The highest BCUT2D eigenvalue weighted by atomic mass is 35.5. The minimum atomic E-state index is -3.51. The van der Waals surface area contributed by atoms with E-state index in [2.05, 4.69) is 11.8 Å². The molecule has 1 aromatic rings. The molecule has 0 radical (unpaired) electrons. The van der Waals surface area contributed by atoms with Crippen LogP contribution in [0.15, 0.2) is 23.1 Å². The Hall–Kier alpha value is -0.710. The number of hydrogen-bond acceptors (Lipinski definition) is 4. The van der Waals surface area contributed by atoms with Crippen molar-refractivity contribution in [2.75, 3.05) is 31.1 Å². The Bertz CT molecular complexity index is 644. The zero-order chi connectivity index (χ0) is 14.6. The summed E-state index contributed by atoms with van der Waals surface area (Å²) in [6.07, 6.45) is 0. The van der Waals surface area contributed by atoms with Crippen LogP contribution < -0.4 is 5.73 Å². The highest BCUT2D eigenvalue weighted by Gasteiger charge is 2.27. The number of halogens is 1. The molecule has 2 N–H and O–H groups in total. The van der Waals surface area contributed by atoms with Crippen LogP contribution in [-0.4, -0.2) is 43.9 Å². The van der Waals surface area contributed by atoms with Crippen LogP contribution in [0.25, 0.3) is 0 Å². The predicted molar refractivity (Wildman–Crippen MR) is 83.5 cm³/mol. The van der Waals surface area contributed by atoms with E-state index in [4.69, 9.17) is 17.3 Å². The molecule has 0 spiro atoms. The molecule has 1 fully saturated rings. The van der Waals surface area contributed by atoms with Gasteiger partial charge in [0.05, 0.1) is 11.6 Å². The van der Waals surface area contributed by atoms with Crippen LogP contribution in [-0.2, 0) is 10.0 Å². The predicted octanol–water partition coefficient (Wildman–Crippen LogP) is 1.39. The van der Waals surface area contributed by atoms with Crippen LogP contribution in [0.3, 0.4) is 0 Å². The van der Waals surface area contributed by atoms with Crippen molar-refractivity contribution >= 4 is 33.4 Å². The topological polar surface area (TPSA) is 63.4 Å². The van der Waals surface area contributed by atoms with Crippen molar-refractivity contribution in [1.29, 1.82) is 0 Å². The maximum atomic E-state index is 12.5. The fourth-order valence-corrected chi connectivity index (χ4v) is 4.96. The number of benzene rings is 1. The van der Waals surface area contributed by atoms with Gasteiger partial charge in [0.1, 0.15) is 4.90 Å². The quantitative estimate of drug-likeness (QED) is 0.832. The van der Waals surface area contributed by atoms with Gasteiger partial charge in [0.15, 0.2) is 0 Å². The van der Waals surface area contributed by atoms with Gasteiger partial charge in [-0.15, -0.1) is 0 Å². The van der Waals surface area contributed by atoms with Gasteiger partial charge < -0.3 is 5.73 Å². The molecular formula is C13H15ClN2O2S2. The monoisotopic (exact) mass is 330 g/mol. The van der Waals surface area contributed by atoms with Crippen LogP contribution in [0.4, 0.5) is 0 Å². The lowest BCUT2D eigenvalue weighted by atomic mass is 10.2. The van der Waals surface area contributed by atoms with Gasteiger partial charge in [0.25, 0.3) is 0 Å². The first-order valence-electron chi connectivity index (χ1n) is 6.12. The second-order valence-electron chi connectivity index (χ2n) is 4.17. The Kier molecular flexibility index (Phi) is 5.35. The minimum Gasteiger partial charge on any atom is -0.320 e. The van der Waals surface area contributed by atoms with Crippen LogP contribution >= 0.6 is 23.4 Å². The molecule has 1 saturated heterocycles. The van der Waals surface area contributed by atoms with E-state index in [-0.39, 0.29) is 16.5 Å². The highest BCUT2D eigenvalue weighted by Crippen LogP contribution is 2.27. The van der Waals surface area contributed by atoms with E-state index in [9.17, 15) is 8.42 Å². The summed E-state index contributed by atoms with van der Waals surface area (Å²) in [6.45, 7) is 1.30. The van der Waals surface area contributed by atoms with Gasteiger partial charge in [-0.05, 0) is 18.2 Å². The number of thioether (sulfide) groups is 1. The Labute approximate surface area is 128 Å². The first-order chi connectivity index (χ1) is 9.55. The maximum absolute atomic E-state index is 12.5. The summed E-state index contributed by atoms with van der Waals surface area (Å²) in [6, 6.07) is 4.73. The lowest BCUT2D eigenvalue weighted by molar-refractivity contribution is 0.443. The third-order valence-electron chi connectivity index (χ3n) is 2.85. The number of nitrogens with two attached hydrogens (primary N) is 1. The largest absolute Gasteiger partial charge is 0.320 e. The Morgan fingerprint density at radius 1 is 1.35 bits per heavy atom. The normalized spacial score (nSPS) is 16.5. The molecule has 7 heteroatoms. The fraction of sp³-hybridized carbons (Fsp3) is 0.385. The standard InChI is InChI=1S/C13H15ClN2O2S2/c14-12-10-11(2-1-5-15)3-4-13(12)20(17,18)16-6-8-19-9-7-16/h3-4,10H,5-9,15H2. The molecule has 0 aromatic heterocycles. The van der Waals surface area contributed by atoms with E-state index in [0.717, 1.165) is 11.5 Å². The molecule has 1 aliphatic rings. The molecule has 0 amide bonds. The SMILES string of the molecule is NCC#Cc1ccc(S(=O)(=O)N2CCSCC2)c(Cl)c1.